The average Bonchev–Trinajstić information content (AvgIpc) is 3.19. The van der Waals surface area contributed by atoms with Gasteiger partial charge in [-0.05, 0) is 81.3 Å². The third-order valence-electron chi connectivity index (χ3n) is 9.36. The van der Waals surface area contributed by atoms with Gasteiger partial charge in [-0.2, -0.15) is 0 Å². The molecule has 4 bridgehead atoms. The van der Waals surface area contributed by atoms with Gasteiger partial charge >= 0.3 is 0 Å². The molecule has 0 aromatic heterocycles. The largest absolute Gasteiger partial charge is 0.488 e. The molecule has 1 amide bonds. The summed E-state index contributed by atoms with van der Waals surface area (Å²) in [5, 5.41) is 3.73. The van der Waals surface area contributed by atoms with Crippen LogP contribution in [-0.4, -0.2) is 41.1 Å². The van der Waals surface area contributed by atoms with Crippen LogP contribution in [0.1, 0.15) is 43.9 Å². The molecule has 0 radical (unpaired) electrons. The number of carbonyl (C=O) groups is 1. The van der Waals surface area contributed by atoms with Crippen molar-refractivity contribution in [2.75, 3.05) is 13.1 Å². The fourth-order valence-corrected chi connectivity index (χ4v) is 8.07. The maximum atomic E-state index is 13.5. The number of primary amides is 1. The van der Waals surface area contributed by atoms with Crippen molar-refractivity contribution in [2.45, 2.75) is 63.8 Å². The maximum absolute atomic E-state index is 13.5. The lowest BCUT2D eigenvalue weighted by atomic mass is 9.49. The van der Waals surface area contributed by atoms with Crippen LogP contribution in [0.25, 0.3) is 0 Å². The van der Waals surface area contributed by atoms with Gasteiger partial charge in [-0.15, -0.1) is 0 Å². The van der Waals surface area contributed by atoms with Crippen LogP contribution in [0.2, 0.25) is 0 Å². The van der Waals surface area contributed by atoms with E-state index in [9.17, 15) is 4.79 Å². The molecule has 1 aliphatic carbocycles. The van der Waals surface area contributed by atoms with E-state index in [1.165, 1.54) is 16.7 Å². The predicted octanol–water partition coefficient (Wildman–Crippen LogP) is 4.98. The molecular formula is C34H41N3O2. The second-order valence-electron chi connectivity index (χ2n) is 13.0. The van der Waals surface area contributed by atoms with Gasteiger partial charge in [-0.1, -0.05) is 72.8 Å². The summed E-state index contributed by atoms with van der Waals surface area (Å²) in [7, 11) is 0. The van der Waals surface area contributed by atoms with Crippen LogP contribution < -0.4 is 15.8 Å². The fraction of sp³-hybridized carbons (Fsp3) is 0.441. The molecule has 1 saturated carbocycles. The van der Waals surface area contributed by atoms with Crippen molar-refractivity contribution in [3.63, 3.8) is 0 Å². The van der Waals surface area contributed by atoms with Crippen LogP contribution in [0.4, 0.5) is 0 Å². The van der Waals surface area contributed by atoms with Crippen LogP contribution in [-0.2, 0) is 24.2 Å². The van der Waals surface area contributed by atoms with Crippen molar-refractivity contribution in [1.82, 2.24) is 10.2 Å². The molecule has 3 N–H and O–H groups in total. The highest BCUT2D eigenvalue weighted by molar-refractivity contribution is 5.87. The Bertz CT molecular complexity index is 1260. The number of nitrogens with one attached hydrogen (secondary N) is 1. The molecule has 39 heavy (non-hydrogen) atoms. The Labute approximate surface area is 232 Å². The minimum absolute atomic E-state index is 0.00548. The quantitative estimate of drug-likeness (QED) is 0.437. The molecule has 5 heteroatoms. The molecule has 3 heterocycles. The Kier molecular flexibility index (Phi) is 6.55. The molecule has 5 nitrogen and oxygen atoms in total. The van der Waals surface area contributed by atoms with Gasteiger partial charge in [0.05, 0.1) is 0 Å². The summed E-state index contributed by atoms with van der Waals surface area (Å²) in [5.41, 5.74) is 9.17. The maximum Gasteiger partial charge on any atom is 0.239 e. The van der Waals surface area contributed by atoms with Crippen LogP contribution in [0.5, 0.6) is 5.75 Å². The molecule has 4 unspecified atom stereocenters. The van der Waals surface area contributed by atoms with Gasteiger partial charge in [0.1, 0.15) is 16.9 Å². The SMILES string of the molecule is CC(C)(C)Oc1ccc(CN2CC3CC4CNC3(C(N)=O)C2C4(Cc2ccccc2)Cc2ccccc2)cc1. The molecule has 3 saturated heterocycles. The van der Waals surface area contributed by atoms with Crippen LogP contribution in [0, 0.1) is 17.3 Å². The number of rotatable bonds is 8. The Morgan fingerprint density at radius 2 is 1.49 bits per heavy atom. The van der Waals surface area contributed by atoms with Crippen molar-refractivity contribution in [1.29, 1.82) is 0 Å². The Balaban J connectivity index is 1.41. The average molecular weight is 524 g/mol. The lowest BCUT2D eigenvalue weighted by Gasteiger charge is -2.62. The molecule has 3 aliphatic heterocycles. The summed E-state index contributed by atoms with van der Waals surface area (Å²) in [6, 6.07) is 30.1. The zero-order valence-corrected chi connectivity index (χ0v) is 23.4. The smallest absolute Gasteiger partial charge is 0.239 e. The first-order chi connectivity index (χ1) is 18.7. The molecule has 0 spiro atoms. The summed E-state index contributed by atoms with van der Waals surface area (Å²) in [4.78, 5) is 16.1. The van der Waals surface area contributed by atoms with Gasteiger partial charge in [0, 0.05) is 30.5 Å². The van der Waals surface area contributed by atoms with E-state index in [1.54, 1.807) is 0 Å². The predicted molar refractivity (Wildman–Crippen MR) is 155 cm³/mol. The number of carbonyl (C=O) groups excluding carboxylic acids is 1. The number of piperidine rings is 2. The van der Waals surface area contributed by atoms with E-state index in [-0.39, 0.29) is 28.9 Å². The van der Waals surface area contributed by atoms with Gasteiger partial charge in [0.25, 0.3) is 0 Å². The number of likely N-dealkylation sites (tertiary alicyclic amines) is 1. The lowest BCUT2D eigenvalue weighted by Crippen LogP contribution is -2.79. The van der Waals surface area contributed by atoms with Gasteiger partial charge in [-0.25, -0.2) is 0 Å². The second-order valence-corrected chi connectivity index (χ2v) is 13.0. The number of nitrogens with two attached hydrogens (primary N) is 1. The van der Waals surface area contributed by atoms with E-state index in [4.69, 9.17) is 10.5 Å². The monoisotopic (exact) mass is 523 g/mol. The van der Waals surface area contributed by atoms with E-state index in [0.29, 0.717) is 5.92 Å². The first-order valence-corrected chi connectivity index (χ1v) is 14.3. The minimum atomic E-state index is -0.715. The van der Waals surface area contributed by atoms with Crippen molar-refractivity contribution >= 4 is 5.91 Å². The number of amides is 1. The molecule has 7 rings (SSSR count). The first kappa shape index (κ1) is 26.1. The normalized spacial score (nSPS) is 27.4. The Hall–Kier alpha value is -3.15. The summed E-state index contributed by atoms with van der Waals surface area (Å²) < 4.78 is 6.06. The summed E-state index contributed by atoms with van der Waals surface area (Å²) in [6.07, 6.45) is 2.88. The molecule has 4 atom stereocenters. The molecule has 3 aromatic carbocycles. The van der Waals surface area contributed by atoms with Gasteiger partial charge in [0.15, 0.2) is 0 Å². The molecular weight excluding hydrogens is 482 g/mol. The van der Waals surface area contributed by atoms with Crippen molar-refractivity contribution < 1.29 is 9.53 Å². The van der Waals surface area contributed by atoms with Crippen LogP contribution >= 0.6 is 0 Å². The topological polar surface area (TPSA) is 67.6 Å². The minimum Gasteiger partial charge on any atom is -0.488 e. The highest BCUT2D eigenvalue weighted by Gasteiger charge is 2.72. The molecule has 4 aliphatic rings. The van der Waals surface area contributed by atoms with E-state index in [2.05, 4.69) is 116 Å². The Morgan fingerprint density at radius 3 is 2.03 bits per heavy atom. The second kappa shape index (κ2) is 9.79. The third-order valence-corrected chi connectivity index (χ3v) is 9.36. The number of fused-ring (bicyclic) bond motifs is 1. The van der Waals surface area contributed by atoms with Gasteiger partial charge in [-0.3, -0.25) is 9.69 Å². The highest BCUT2D eigenvalue weighted by atomic mass is 16.5. The summed E-state index contributed by atoms with van der Waals surface area (Å²) >= 11 is 0. The first-order valence-electron chi connectivity index (χ1n) is 14.3. The van der Waals surface area contributed by atoms with E-state index in [1.807, 2.05) is 0 Å². The van der Waals surface area contributed by atoms with E-state index < -0.39 is 5.54 Å². The molecule has 4 fully saturated rings. The van der Waals surface area contributed by atoms with Gasteiger partial charge < -0.3 is 15.8 Å². The van der Waals surface area contributed by atoms with E-state index >= 15 is 0 Å². The summed E-state index contributed by atoms with van der Waals surface area (Å²) in [6.45, 7) is 8.69. The Morgan fingerprint density at radius 1 is 0.897 bits per heavy atom. The molecule has 204 valence electrons. The number of hydrogen-bond donors (Lipinski definition) is 2. The van der Waals surface area contributed by atoms with Crippen molar-refractivity contribution in [3.8, 4) is 5.75 Å². The van der Waals surface area contributed by atoms with Gasteiger partial charge in [0.2, 0.25) is 5.91 Å². The molecule has 3 aromatic rings. The zero-order chi connectivity index (χ0) is 27.3. The van der Waals surface area contributed by atoms with Crippen molar-refractivity contribution in [3.05, 3.63) is 102 Å². The third kappa shape index (κ3) is 4.66. The number of nitrogens with zero attached hydrogens (tertiary/aromatic N) is 1. The van der Waals surface area contributed by atoms with E-state index in [0.717, 1.165) is 44.6 Å². The van der Waals surface area contributed by atoms with Crippen molar-refractivity contribution in [2.24, 2.45) is 23.0 Å². The fourth-order valence-electron chi connectivity index (χ4n) is 8.07. The standard InChI is InChI=1S/C34H41N3O2/c1-32(2,3)39-29-16-14-26(15-17-29)22-37-23-28-18-27-21-36-34(28,31(35)38)30(37)33(27,19-24-10-6-4-7-11-24)20-25-12-8-5-9-13-25/h4-17,27-28,30,36H,18-23H2,1-3H3,(H2,35,38). The van der Waals surface area contributed by atoms with Crippen LogP contribution in [0.3, 0.4) is 0 Å². The zero-order valence-electron chi connectivity index (χ0n) is 23.4. The number of benzene rings is 3. The number of hydrogen-bond acceptors (Lipinski definition) is 4. The van der Waals surface area contributed by atoms with Crippen LogP contribution in [0.15, 0.2) is 84.9 Å². The number of ether oxygens (including phenoxy) is 1. The summed E-state index contributed by atoms with van der Waals surface area (Å²) in [5.74, 6) is 1.37. The lowest BCUT2D eigenvalue weighted by molar-refractivity contribution is -0.144. The highest BCUT2D eigenvalue weighted by Crippen LogP contribution is 2.60.